The van der Waals surface area contributed by atoms with Gasteiger partial charge in [-0.2, -0.15) is 0 Å². The summed E-state index contributed by atoms with van der Waals surface area (Å²) in [5.74, 6) is -4.30. The molecule has 1 amide bonds. The number of pyridine rings is 2. The van der Waals surface area contributed by atoms with Gasteiger partial charge in [0.15, 0.2) is 5.43 Å². The van der Waals surface area contributed by atoms with Crippen LogP contribution < -0.4 is 11.2 Å². The summed E-state index contributed by atoms with van der Waals surface area (Å²) >= 11 is 0. The lowest BCUT2D eigenvalue weighted by Crippen LogP contribution is -2.47. The molecular weight excluding hydrogens is 424 g/mol. The SMILES string of the molecule is CC(C)(C)C1CC(C2CCCCCC2)C(c2cc(=O)c3c(C(N)=O)nccc3[nH]2)CC1(F)F. The second-order valence-corrected chi connectivity index (χ2v) is 11.2. The molecular formula is C26H35F2N3O2. The van der Waals surface area contributed by atoms with Crippen molar-refractivity contribution in [2.24, 2.45) is 28.9 Å². The molecule has 2 aliphatic rings. The number of hydrogen-bond acceptors (Lipinski definition) is 3. The Kier molecular flexibility index (Phi) is 6.36. The maximum atomic E-state index is 15.5. The van der Waals surface area contributed by atoms with Crippen molar-refractivity contribution >= 4 is 16.8 Å². The Morgan fingerprint density at radius 1 is 1.18 bits per heavy atom. The van der Waals surface area contributed by atoms with Crippen LogP contribution in [0.3, 0.4) is 0 Å². The molecule has 2 aromatic rings. The molecule has 2 saturated carbocycles. The monoisotopic (exact) mass is 459 g/mol. The summed E-state index contributed by atoms with van der Waals surface area (Å²) in [5, 5.41) is 0.120. The molecule has 0 aliphatic heterocycles. The first-order valence-electron chi connectivity index (χ1n) is 12.2. The predicted molar refractivity (Wildman–Crippen MR) is 125 cm³/mol. The molecule has 3 unspecified atom stereocenters. The topological polar surface area (TPSA) is 88.8 Å². The molecule has 2 fully saturated rings. The van der Waals surface area contributed by atoms with E-state index in [1.165, 1.54) is 25.1 Å². The first-order chi connectivity index (χ1) is 15.5. The van der Waals surface area contributed by atoms with Gasteiger partial charge >= 0.3 is 0 Å². The first kappa shape index (κ1) is 23.8. The van der Waals surface area contributed by atoms with Gasteiger partial charge in [-0.15, -0.1) is 0 Å². The lowest BCUT2D eigenvalue weighted by molar-refractivity contribution is -0.147. The van der Waals surface area contributed by atoms with Crippen molar-refractivity contribution < 1.29 is 13.6 Å². The average molecular weight is 460 g/mol. The highest BCUT2D eigenvalue weighted by Gasteiger charge is 2.54. The first-order valence-corrected chi connectivity index (χ1v) is 12.2. The Bertz CT molecular complexity index is 1080. The van der Waals surface area contributed by atoms with Gasteiger partial charge in [0.05, 0.1) is 10.9 Å². The zero-order valence-electron chi connectivity index (χ0n) is 19.8. The number of aromatic nitrogens is 2. The van der Waals surface area contributed by atoms with E-state index in [2.05, 4.69) is 9.97 Å². The molecule has 0 radical (unpaired) electrons. The Hall–Kier alpha value is -2.31. The number of fused-ring (bicyclic) bond motifs is 1. The molecule has 3 atom stereocenters. The Labute approximate surface area is 193 Å². The predicted octanol–water partition coefficient (Wildman–Crippen LogP) is 5.78. The van der Waals surface area contributed by atoms with Gasteiger partial charge < -0.3 is 10.7 Å². The molecule has 33 heavy (non-hydrogen) atoms. The van der Waals surface area contributed by atoms with Gasteiger partial charge in [-0.1, -0.05) is 59.3 Å². The van der Waals surface area contributed by atoms with Crippen LogP contribution in [0.15, 0.2) is 23.1 Å². The van der Waals surface area contributed by atoms with E-state index in [0.29, 0.717) is 23.5 Å². The van der Waals surface area contributed by atoms with E-state index in [0.717, 1.165) is 25.7 Å². The molecule has 0 saturated heterocycles. The van der Waals surface area contributed by atoms with Crippen molar-refractivity contribution in [1.29, 1.82) is 0 Å². The maximum Gasteiger partial charge on any atom is 0.268 e. The van der Waals surface area contributed by atoms with Crippen molar-refractivity contribution in [3.8, 4) is 0 Å². The zero-order chi connectivity index (χ0) is 24.0. The summed E-state index contributed by atoms with van der Waals surface area (Å²) < 4.78 is 31.1. The number of nitrogens with two attached hydrogens (primary N) is 1. The smallest absolute Gasteiger partial charge is 0.268 e. The highest BCUT2D eigenvalue weighted by molar-refractivity contribution is 6.03. The van der Waals surface area contributed by atoms with Crippen LogP contribution in [0.1, 0.15) is 94.2 Å². The minimum Gasteiger partial charge on any atom is -0.364 e. The van der Waals surface area contributed by atoms with Crippen LogP contribution in [-0.4, -0.2) is 21.8 Å². The fourth-order valence-corrected chi connectivity index (χ4v) is 6.39. The van der Waals surface area contributed by atoms with Crippen LogP contribution in [0, 0.1) is 23.2 Å². The molecule has 4 rings (SSSR count). The lowest BCUT2D eigenvalue weighted by atomic mass is 9.59. The van der Waals surface area contributed by atoms with Crippen LogP contribution in [0.4, 0.5) is 8.78 Å². The van der Waals surface area contributed by atoms with E-state index < -0.39 is 34.5 Å². The lowest BCUT2D eigenvalue weighted by Gasteiger charge is -2.48. The summed E-state index contributed by atoms with van der Waals surface area (Å²) in [7, 11) is 0. The number of hydrogen-bond donors (Lipinski definition) is 2. The van der Waals surface area contributed by atoms with Crippen molar-refractivity contribution in [3.05, 3.63) is 39.9 Å². The van der Waals surface area contributed by atoms with E-state index in [-0.39, 0.29) is 23.4 Å². The number of nitrogens with zero attached hydrogens (tertiary/aromatic N) is 1. The number of carbonyl (C=O) groups excluding carboxylic acids is 1. The fraction of sp³-hybridized carbons (Fsp3) is 0.654. The Morgan fingerprint density at radius 2 is 1.85 bits per heavy atom. The van der Waals surface area contributed by atoms with Crippen LogP contribution in [0.2, 0.25) is 0 Å². The Balaban J connectivity index is 1.81. The molecule has 7 heteroatoms. The normalized spacial score (nSPS) is 26.8. The number of rotatable bonds is 3. The summed E-state index contributed by atoms with van der Waals surface area (Å²) in [6.07, 6.45) is 8.36. The highest BCUT2D eigenvalue weighted by atomic mass is 19.3. The van der Waals surface area contributed by atoms with Crippen LogP contribution in [0.5, 0.6) is 0 Å². The summed E-state index contributed by atoms with van der Waals surface area (Å²) in [6, 6.07) is 3.00. The zero-order valence-corrected chi connectivity index (χ0v) is 19.8. The summed E-state index contributed by atoms with van der Waals surface area (Å²) in [5.41, 5.74) is 5.36. The third-order valence-electron chi connectivity index (χ3n) is 7.97. The number of halogens is 2. The molecule has 3 N–H and O–H groups in total. The number of carbonyl (C=O) groups is 1. The molecule has 2 aliphatic carbocycles. The number of aromatic amines is 1. The molecule has 180 valence electrons. The summed E-state index contributed by atoms with van der Waals surface area (Å²) in [4.78, 5) is 32.0. The third-order valence-corrected chi connectivity index (χ3v) is 7.97. The van der Waals surface area contributed by atoms with Crippen molar-refractivity contribution in [1.82, 2.24) is 9.97 Å². The van der Waals surface area contributed by atoms with Crippen LogP contribution in [-0.2, 0) is 0 Å². The summed E-state index contributed by atoms with van der Waals surface area (Å²) in [6.45, 7) is 5.73. The third kappa shape index (κ3) is 4.69. The standard InChI is InChI=1S/C26H35F2N3O2/c1-25(2,3)21-12-16(15-8-6-4-5-7-9-15)17(14-26(21,27)28)19-13-20(32)22-18(31-19)10-11-30-23(22)24(29)33/h10-11,13,15-17,21H,4-9,12,14H2,1-3H3,(H2,29,33)(H,31,32). The fourth-order valence-electron chi connectivity index (χ4n) is 6.39. The molecule has 2 aromatic heterocycles. The molecule has 2 heterocycles. The van der Waals surface area contributed by atoms with Crippen LogP contribution in [0.25, 0.3) is 10.9 Å². The maximum absolute atomic E-state index is 15.5. The van der Waals surface area contributed by atoms with Crippen LogP contribution >= 0.6 is 0 Å². The molecule has 0 spiro atoms. The molecule has 0 bridgehead atoms. The average Bonchev–Trinajstić information content (AvgIpc) is 3.01. The van der Waals surface area contributed by atoms with E-state index in [1.54, 1.807) is 6.07 Å². The van der Waals surface area contributed by atoms with E-state index in [1.807, 2.05) is 20.8 Å². The number of nitrogens with one attached hydrogen (secondary N) is 1. The number of H-pyrrole nitrogens is 1. The second kappa shape index (κ2) is 8.80. The van der Waals surface area contributed by atoms with Gasteiger partial charge in [-0.05, 0) is 29.7 Å². The largest absolute Gasteiger partial charge is 0.364 e. The minimum atomic E-state index is -2.83. The van der Waals surface area contributed by atoms with Gasteiger partial charge in [0, 0.05) is 36.2 Å². The van der Waals surface area contributed by atoms with Crippen molar-refractivity contribution in [2.45, 2.75) is 84.0 Å². The van der Waals surface area contributed by atoms with Gasteiger partial charge in [0.25, 0.3) is 11.8 Å². The number of amides is 1. The van der Waals surface area contributed by atoms with Gasteiger partial charge in [-0.3, -0.25) is 14.6 Å². The molecule has 0 aromatic carbocycles. The Morgan fingerprint density at radius 3 is 2.45 bits per heavy atom. The van der Waals surface area contributed by atoms with Crippen molar-refractivity contribution in [2.75, 3.05) is 0 Å². The quantitative estimate of drug-likeness (QED) is 0.570. The number of primary amides is 1. The van der Waals surface area contributed by atoms with E-state index in [4.69, 9.17) is 5.73 Å². The molecule has 5 nitrogen and oxygen atoms in total. The van der Waals surface area contributed by atoms with Gasteiger partial charge in [-0.25, -0.2) is 8.78 Å². The van der Waals surface area contributed by atoms with E-state index in [9.17, 15) is 9.59 Å². The second-order valence-electron chi connectivity index (χ2n) is 11.2. The highest BCUT2D eigenvalue weighted by Crippen LogP contribution is 2.56. The number of alkyl halides is 2. The van der Waals surface area contributed by atoms with Gasteiger partial charge in [0.1, 0.15) is 5.69 Å². The minimum absolute atomic E-state index is 0.0810. The van der Waals surface area contributed by atoms with E-state index >= 15 is 8.78 Å². The van der Waals surface area contributed by atoms with Gasteiger partial charge in [0.2, 0.25) is 0 Å². The van der Waals surface area contributed by atoms with Crippen molar-refractivity contribution in [3.63, 3.8) is 0 Å².